The number of nitriles is 1. The lowest BCUT2D eigenvalue weighted by molar-refractivity contribution is 0.101. The van der Waals surface area contributed by atoms with Gasteiger partial charge in [0.25, 0.3) is 0 Å². The van der Waals surface area contributed by atoms with Crippen LogP contribution in [0.5, 0.6) is 0 Å². The first-order valence-electron chi connectivity index (χ1n) is 10.6. The number of aromatic nitrogens is 5. The number of carbonyl (C=O) groups excluding carboxylic acids is 1. The van der Waals surface area contributed by atoms with Gasteiger partial charge in [0.15, 0.2) is 11.6 Å². The molecule has 0 bridgehead atoms. The van der Waals surface area contributed by atoms with Gasteiger partial charge in [-0.1, -0.05) is 0 Å². The summed E-state index contributed by atoms with van der Waals surface area (Å²) in [6, 6.07) is 15.6. The van der Waals surface area contributed by atoms with Crippen molar-refractivity contribution in [1.29, 1.82) is 5.26 Å². The number of carbonyl (C=O) groups is 1. The van der Waals surface area contributed by atoms with Crippen molar-refractivity contribution in [1.82, 2.24) is 24.7 Å². The number of nitrogens with one attached hydrogen (secondary N) is 1. The summed E-state index contributed by atoms with van der Waals surface area (Å²) in [6.45, 7) is 6.42. The van der Waals surface area contributed by atoms with E-state index in [1.165, 1.54) is 6.92 Å². The molecule has 1 saturated heterocycles. The average Bonchev–Trinajstić information content (AvgIpc) is 3.21. The maximum atomic E-state index is 12.2. The third-order valence-electron chi connectivity index (χ3n) is 5.75. The van der Waals surface area contributed by atoms with E-state index in [4.69, 9.17) is 4.98 Å². The normalized spacial score (nSPS) is 14.5. The molecule has 0 amide bonds. The first-order valence-corrected chi connectivity index (χ1v) is 10.6. The Morgan fingerprint density at radius 2 is 1.97 bits per heavy atom. The Bertz CT molecular complexity index is 1410. The minimum atomic E-state index is -0.418. The summed E-state index contributed by atoms with van der Waals surface area (Å²) in [5.74, 6) is 1.86. The highest BCUT2D eigenvalue weighted by Gasteiger charge is 2.41. The van der Waals surface area contributed by atoms with Gasteiger partial charge in [0.05, 0.1) is 33.8 Å². The van der Waals surface area contributed by atoms with Gasteiger partial charge >= 0.3 is 0 Å². The van der Waals surface area contributed by atoms with Gasteiger partial charge in [0, 0.05) is 18.8 Å². The molecule has 1 aromatic carbocycles. The van der Waals surface area contributed by atoms with Crippen LogP contribution in [0.3, 0.4) is 0 Å². The molecule has 33 heavy (non-hydrogen) atoms. The Balaban J connectivity index is 1.47. The predicted molar refractivity (Wildman–Crippen MR) is 125 cm³/mol. The van der Waals surface area contributed by atoms with E-state index in [-0.39, 0.29) is 5.78 Å². The number of Topliss-reactive ketones (excluding diaryl/α,β-unsaturated/α-hetero) is 1. The van der Waals surface area contributed by atoms with Gasteiger partial charge in [-0.3, -0.25) is 9.36 Å². The molecule has 4 heterocycles. The average molecular weight is 438 g/mol. The van der Waals surface area contributed by atoms with Crippen molar-refractivity contribution in [2.75, 3.05) is 23.3 Å². The highest BCUT2D eigenvalue weighted by atomic mass is 16.1. The van der Waals surface area contributed by atoms with E-state index in [2.05, 4.69) is 26.6 Å². The fraction of sp³-hybridized carbons (Fsp3) is 0.250. The number of rotatable bonds is 5. The van der Waals surface area contributed by atoms with Gasteiger partial charge in [0.2, 0.25) is 0 Å². The van der Waals surface area contributed by atoms with Crippen LogP contribution in [0.15, 0.2) is 48.8 Å². The molecule has 1 aliphatic rings. The van der Waals surface area contributed by atoms with Crippen molar-refractivity contribution in [3.63, 3.8) is 0 Å². The van der Waals surface area contributed by atoms with Crippen LogP contribution < -0.4 is 10.2 Å². The summed E-state index contributed by atoms with van der Waals surface area (Å²) < 4.78 is 1.89. The second-order valence-corrected chi connectivity index (χ2v) is 8.63. The summed E-state index contributed by atoms with van der Waals surface area (Å²) in [5, 5.41) is 20.8. The zero-order valence-corrected chi connectivity index (χ0v) is 18.6. The Kier molecular flexibility index (Phi) is 4.78. The SMILES string of the molecule is CC(=O)c1ccc(-n2cnc3cc(Nc4ccc(C)nn4)ccc32)nc1N1CC(C)(C#N)C1. The smallest absolute Gasteiger partial charge is 0.163 e. The van der Waals surface area contributed by atoms with Crippen LogP contribution in [0, 0.1) is 23.7 Å². The number of hydrogen-bond donors (Lipinski definition) is 1. The maximum Gasteiger partial charge on any atom is 0.163 e. The number of anilines is 3. The van der Waals surface area contributed by atoms with Gasteiger partial charge in [-0.05, 0) is 63.2 Å². The van der Waals surface area contributed by atoms with Crippen LogP contribution in [0.2, 0.25) is 0 Å². The van der Waals surface area contributed by atoms with Gasteiger partial charge in [-0.2, -0.15) is 10.4 Å². The fourth-order valence-electron chi connectivity index (χ4n) is 3.99. The van der Waals surface area contributed by atoms with Crippen molar-refractivity contribution in [3.8, 4) is 11.9 Å². The Morgan fingerprint density at radius 3 is 2.67 bits per heavy atom. The van der Waals surface area contributed by atoms with E-state index in [1.807, 2.05) is 59.7 Å². The van der Waals surface area contributed by atoms with Crippen molar-refractivity contribution < 1.29 is 4.79 Å². The third-order valence-corrected chi connectivity index (χ3v) is 5.75. The molecule has 4 aromatic rings. The molecule has 1 fully saturated rings. The van der Waals surface area contributed by atoms with Crippen LogP contribution in [-0.2, 0) is 0 Å². The van der Waals surface area contributed by atoms with Crippen molar-refractivity contribution in [2.45, 2.75) is 20.8 Å². The van der Waals surface area contributed by atoms with Crippen LogP contribution in [0.4, 0.5) is 17.3 Å². The van der Waals surface area contributed by atoms with Gasteiger partial charge in [0.1, 0.15) is 18.0 Å². The molecule has 9 heteroatoms. The highest BCUT2D eigenvalue weighted by molar-refractivity contribution is 5.99. The zero-order valence-electron chi connectivity index (χ0n) is 18.6. The molecule has 164 valence electrons. The number of imidazole rings is 1. The van der Waals surface area contributed by atoms with Crippen molar-refractivity contribution >= 4 is 34.1 Å². The summed E-state index contributed by atoms with van der Waals surface area (Å²) in [7, 11) is 0. The number of ketones is 1. The molecule has 5 rings (SSSR count). The van der Waals surface area contributed by atoms with Crippen LogP contribution in [0.1, 0.15) is 29.9 Å². The van der Waals surface area contributed by atoms with Gasteiger partial charge in [-0.25, -0.2) is 9.97 Å². The van der Waals surface area contributed by atoms with Gasteiger partial charge in [-0.15, -0.1) is 5.10 Å². The Hall–Kier alpha value is -4.32. The number of nitrogens with zero attached hydrogens (tertiary/aromatic N) is 7. The number of aryl methyl sites for hydroxylation is 1. The lowest BCUT2D eigenvalue weighted by Gasteiger charge is -2.44. The van der Waals surface area contributed by atoms with E-state index in [0.717, 1.165) is 22.4 Å². The molecular formula is C24H22N8O. The lowest BCUT2D eigenvalue weighted by atomic mass is 9.83. The number of pyridine rings is 1. The second-order valence-electron chi connectivity index (χ2n) is 8.63. The monoisotopic (exact) mass is 438 g/mol. The largest absolute Gasteiger partial charge is 0.353 e. The molecule has 9 nitrogen and oxygen atoms in total. The van der Waals surface area contributed by atoms with Gasteiger partial charge < -0.3 is 10.2 Å². The van der Waals surface area contributed by atoms with Crippen LogP contribution >= 0.6 is 0 Å². The Morgan fingerprint density at radius 1 is 1.15 bits per heavy atom. The molecule has 0 radical (unpaired) electrons. The summed E-state index contributed by atoms with van der Waals surface area (Å²) in [4.78, 5) is 23.5. The molecule has 0 unspecified atom stereocenters. The van der Waals surface area contributed by atoms with Crippen LogP contribution in [0.25, 0.3) is 16.9 Å². The maximum absolute atomic E-state index is 12.2. The van der Waals surface area contributed by atoms with E-state index in [0.29, 0.717) is 36.1 Å². The third kappa shape index (κ3) is 3.76. The Labute approximate surface area is 190 Å². The molecule has 0 spiro atoms. The molecule has 0 saturated carbocycles. The second kappa shape index (κ2) is 7.67. The van der Waals surface area contributed by atoms with Crippen molar-refractivity contribution in [3.05, 3.63) is 60.0 Å². The quantitative estimate of drug-likeness (QED) is 0.468. The molecule has 1 aliphatic heterocycles. The van der Waals surface area contributed by atoms with E-state index in [9.17, 15) is 10.1 Å². The van der Waals surface area contributed by atoms with E-state index < -0.39 is 5.41 Å². The first-order chi connectivity index (χ1) is 15.8. The summed E-state index contributed by atoms with van der Waals surface area (Å²) in [6.07, 6.45) is 1.72. The lowest BCUT2D eigenvalue weighted by Crippen LogP contribution is -2.54. The predicted octanol–water partition coefficient (Wildman–Crippen LogP) is 3.82. The summed E-state index contributed by atoms with van der Waals surface area (Å²) >= 11 is 0. The highest BCUT2D eigenvalue weighted by Crippen LogP contribution is 2.35. The first kappa shape index (κ1) is 20.6. The molecule has 1 N–H and O–H groups in total. The molecular weight excluding hydrogens is 416 g/mol. The fourth-order valence-corrected chi connectivity index (χ4v) is 3.99. The van der Waals surface area contributed by atoms with Crippen LogP contribution in [-0.4, -0.2) is 43.6 Å². The number of benzene rings is 1. The van der Waals surface area contributed by atoms with E-state index in [1.54, 1.807) is 12.4 Å². The molecule has 0 atom stereocenters. The number of hydrogen-bond acceptors (Lipinski definition) is 8. The standard InChI is InChI=1S/C24H22N8O/c1-15-4-8-21(30-29-15)27-17-5-7-20-19(10-17)26-14-32(20)22-9-6-18(16(2)33)23(28-22)31-12-24(3,11-25)13-31/h4-10,14H,12-13H2,1-3H3,(H,27,30). The van der Waals surface area contributed by atoms with E-state index >= 15 is 0 Å². The molecule has 3 aromatic heterocycles. The minimum absolute atomic E-state index is 0.0555. The minimum Gasteiger partial charge on any atom is -0.353 e. The topological polar surface area (TPSA) is 113 Å². The summed E-state index contributed by atoms with van der Waals surface area (Å²) in [5.41, 5.74) is 3.51. The zero-order chi connectivity index (χ0) is 23.2. The number of fused-ring (bicyclic) bond motifs is 1. The van der Waals surface area contributed by atoms with Crippen molar-refractivity contribution in [2.24, 2.45) is 5.41 Å². The molecule has 0 aliphatic carbocycles.